The molecule has 0 amide bonds. The predicted molar refractivity (Wildman–Crippen MR) is 86.6 cm³/mol. The Hall–Kier alpha value is -1.75. The Morgan fingerprint density at radius 1 is 1.10 bits per heavy atom. The highest BCUT2D eigenvalue weighted by Gasteiger charge is 2.20. The van der Waals surface area contributed by atoms with Gasteiger partial charge in [0.1, 0.15) is 5.01 Å². The summed E-state index contributed by atoms with van der Waals surface area (Å²) in [5, 5.41) is 4.47. The third-order valence-corrected chi connectivity index (χ3v) is 4.83. The number of aromatic nitrogens is 1. The lowest BCUT2D eigenvalue weighted by molar-refractivity contribution is 0.0280. The van der Waals surface area contributed by atoms with Gasteiger partial charge in [0.2, 0.25) is 0 Å². The van der Waals surface area contributed by atoms with Gasteiger partial charge in [0, 0.05) is 18.7 Å². The third-order valence-electron chi connectivity index (χ3n) is 3.76. The van der Waals surface area contributed by atoms with Gasteiger partial charge in [-0.15, -0.1) is 11.3 Å². The van der Waals surface area contributed by atoms with Gasteiger partial charge in [-0.2, -0.15) is 0 Å². The van der Waals surface area contributed by atoms with E-state index in [0.717, 1.165) is 30.2 Å². The van der Waals surface area contributed by atoms with E-state index in [-0.39, 0.29) is 6.10 Å². The minimum absolute atomic E-state index is 0.113. The fourth-order valence-electron chi connectivity index (χ4n) is 2.73. The zero-order valence-electron chi connectivity index (χ0n) is 11.6. The Morgan fingerprint density at radius 2 is 1.95 bits per heavy atom. The summed E-state index contributed by atoms with van der Waals surface area (Å²) in [5.74, 6) is 0. The highest BCUT2D eigenvalue weighted by molar-refractivity contribution is 7.21. The molecule has 0 spiro atoms. The van der Waals surface area contributed by atoms with Gasteiger partial charge in [-0.3, -0.25) is 0 Å². The molecule has 4 rings (SSSR count). The van der Waals surface area contributed by atoms with Gasteiger partial charge in [-0.05, 0) is 17.7 Å². The molecule has 2 heterocycles. The Morgan fingerprint density at radius 3 is 2.81 bits per heavy atom. The molecular weight excluding hydrogens is 280 g/mol. The molecule has 1 saturated heterocycles. The normalized spacial score (nSPS) is 19.0. The smallest absolute Gasteiger partial charge is 0.124 e. The zero-order valence-corrected chi connectivity index (χ0v) is 12.4. The Balaban J connectivity index is 1.80. The maximum Gasteiger partial charge on any atom is 0.124 e. The molecule has 0 bridgehead atoms. The van der Waals surface area contributed by atoms with Crippen molar-refractivity contribution in [3.63, 3.8) is 0 Å². The molecule has 1 N–H and O–H groups in total. The van der Waals surface area contributed by atoms with Crippen LogP contribution in [-0.2, 0) is 4.74 Å². The first-order valence-electron chi connectivity index (χ1n) is 7.19. The molecule has 4 heteroatoms. The van der Waals surface area contributed by atoms with Crippen molar-refractivity contribution in [3.8, 4) is 10.6 Å². The molecule has 0 saturated carbocycles. The molecule has 0 radical (unpaired) electrons. The van der Waals surface area contributed by atoms with Gasteiger partial charge in [0.25, 0.3) is 0 Å². The molecule has 3 aromatic rings. The summed E-state index contributed by atoms with van der Waals surface area (Å²) in [5.41, 5.74) is 3.48. The lowest BCUT2D eigenvalue weighted by Crippen LogP contribution is -2.33. The molecule has 1 aromatic heterocycles. The van der Waals surface area contributed by atoms with Crippen molar-refractivity contribution in [3.05, 3.63) is 54.1 Å². The summed E-state index contributed by atoms with van der Waals surface area (Å²) in [7, 11) is 0. The standard InChI is InChI=1S/C17H16N2OS/c1-2-6-13(12(5-1)15-11-18-9-10-20-15)17-19-14-7-3-4-8-16(14)21-17/h1-8,15,18H,9-11H2. The summed E-state index contributed by atoms with van der Waals surface area (Å²) in [6.45, 7) is 2.56. The van der Waals surface area contributed by atoms with Crippen molar-refractivity contribution in [2.24, 2.45) is 0 Å². The first-order valence-corrected chi connectivity index (χ1v) is 8.01. The van der Waals surface area contributed by atoms with Crippen molar-refractivity contribution in [2.45, 2.75) is 6.10 Å². The summed E-state index contributed by atoms with van der Waals surface area (Å²) >= 11 is 1.74. The number of nitrogens with zero attached hydrogens (tertiary/aromatic N) is 1. The molecule has 3 nitrogen and oxygen atoms in total. The van der Waals surface area contributed by atoms with E-state index in [1.807, 2.05) is 6.07 Å². The fourth-order valence-corrected chi connectivity index (χ4v) is 3.74. The number of para-hydroxylation sites is 1. The Kier molecular flexibility index (Phi) is 3.43. The molecule has 1 atom stereocenters. The summed E-state index contributed by atoms with van der Waals surface area (Å²) in [4.78, 5) is 4.78. The van der Waals surface area contributed by atoms with Crippen LogP contribution in [0.25, 0.3) is 20.8 Å². The van der Waals surface area contributed by atoms with Crippen molar-refractivity contribution < 1.29 is 4.74 Å². The van der Waals surface area contributed by atoms with E-state index in [2.05, 4.69) is 47.8 Å². The van der Waals surface area contributed by atoms with Gasteiger partial charge < -0.3 is 10.1 Å². The van der Waals surface area contributed by atoms with Gasteiger partial charge in [-0.1, -0.05) is 36.4 Å². The molecule has 106 valence electrons. The average Bonchev–Trinajstić information content (AvgIpc) is 2.99. The first-order chi connectivity index (χ1) is 10.4. The molecule has 2 aromatic carbocycles. The number of benzene rings is 2. The largest absolute Gasteiger partial charge is 0.371 e. The van der Waals surface area contributed by atoms with Crippen LogP contribution >= 0.6 is 11.3 Å². The van der Waals surface area contributed by atoms with Crippen LogP contribution in [0.1, 0.15) is 11.7 Å². The molecule has 1 fully saturated rings. The second-order valence-corrected chi connectivity index (χ2v) is 6.17. The topological polar surface area (TPSA) is 34.1 Å². The van der Waals surface area contributed by atoms with Crippen molar-refractivity contribution in [1.29, 1.82) is 0 Å². The number of nitrogens with one attached hydrogen (secondary N) is 1. The Bertz CT molecular complexity index is 729. The zero-order chi connectivity index (χ0) is 14.1. The van der Waals surface area contributed by atoms with E-state index in [9.17, 15) is 0 Å². The van der Waals surface area contributed by atoms with Crippen LogP contribution in [0.2, 0.25) is 0 Å². The van der Waals surface area contributed by atoms with Gasteiger partial charge in [-0.25, -0.2) is 4.98 Å². The van der Waals surface area contributed by atoms with E-state index >= 15 is 0 Å². The predicted octanol–water partition coefficient (Wildman–Crippen LogP) is 3.62. The second kappa shape index (κ2) is 5.56. The molecule has 21 heavy (non-hydrogen) atoms. The van der Waals surface area contributed by atoms with Crippen LogP contribution in [0.4, 0.5) is 0 Å². The SMILES string of the molecule is c1ccc(C2CNCCO2)c(-c2nc3ccccc3s2)c1. The van der Waals surface area contributed by atoms with E-state index in [1.165, 1.54) is 15.8 Å². The Labute approximate surface area is 127 Å². The number of thiazole rings is 1. The minimum atomic E-state index is 0.113. The maximum absolute atomic E-state index is 5.91. The maximum atomic E-state index is 5.91. The first kappa shape index (κ1) is 13.0. The number of rotatable bonds is 2. The van der Waals surface area contributed by atoms with Gasteiger partial charge in [0.05, 0.1) is 22.9 Å². The number of hydrogen-bond donors (Lipinski definition) is 1. The highest BCUT2D eigenvalue weighted by Crippen LogP contribution is 2.35. The lowest BCUT2D eigenvalue weighted by Gasteiger charge is -2.25. The number of ether oxygens (including phenoxy) is 1. The van der Waals surface area contributed by atoms with E-state index in [4.69, 9.17) is 9.72 Å². The molecule has 0 aliphatic carbocycles. The van der Waals surface area contributed by atoms with Crippen LogP contribution in [0.5, 0.6) is 0 Å². The van der Waals surface area contributed by atoms with Gasteiger partial charge >= 0.3 is 0 Å². The summed E-state index contributed by atoms with van der Waals surface area (Å²) < 4.78 is 7.14. The number of morpholine rings is 1. The fraction of sp³-hybridized carbons (Fsp3) is 0.235. The van der Waals surface area contributed by atoms with Crippen molar-refractivity contribution in [1.82, 2.24) is 10.3 Å². The van der Waals surface area contributed by atoms with Crippen molar-refractivity contribution in [2.75, 3.05) is 19.7 Å². The molecule has 1 aliphatic heterocycles. The van der Waals surface area contributed by atoms with Crippen LogP contribution in [0, 0.1) is 0 Å². The van der Waals surface area contributed by atoms with E-state index < -0.39 is 0 Å². The molecular formula is C17H16N2OS. The van der Waals surface area contributed by atoms with Crippen LogP contribution in [0.3, 0.4) is 0 Å². The van der Waals surface area contributed by atoms with Crippen molar-refractivity contribution >= 4 is 21.6 Å². The molecule has 1 aliphatic rings. The number of fused-ring (bicyclic) bond motifs is 1. The van der Waals surface area contributed by atoms with Crippen LogP contribution < -0.4 is 5.32 Å². The summed E-state index contributed by atoms with van der Waals surface area (Å²) in [6.07, 6.45) is 0.113. The quantitative estimate of drug-likeness (QED) is 0.784. The second-order valence-electron chi connectivity index (χ2n) is 5.14. The average molecular weight is 296 g/mol. The highest BCUT2D eigenvalue weighted by atomic mass is 32.1. The van der Waals surface area contributed by atoms with E-state index in [1.54, 1.807) is 11.3 Å². The van der Waals surface area contributed by atoms with Gasteiger partial charge in [0.15, 0.2) is 0 Å². The summed E-state index contributed by atoms with van der Waals surface area (Å²) in [6, 6.07) is 16.7. The lowest BCUT2D eigenvalue weighted by atomic mass is 10.0. The molecule has 1 unspecified atom stereocenters. The number of hydrogen-bond acceptors (Lipinski definition) is 4. The van der Waals surface area contributed by atoms with E-state index in [0.29, 0.717) is 0 Å². The van der Waals surface area contributed by atoms with Crippen LogP contribution in [-0.4, -0.2) is 24.7 Å². The van der Waals surface area contributed by atoms with Crippen LogP contribution in [0.15, 0.2) is 48.5 Å². The minimum Gasteiger partial charge on any atom is -0.371 e. The third kappa shape index (κ3) is 2.46. The monoisotopic (exact) mass is 296 g/mol.